The molecule has 0 saturated heterocycles. The number of nitrogens with zero attached hydrogens (tertiary/aromatic N) is 4. The fourth-order valence-electron chi connectivity index (χ4n) is 8.17. The van der Waals surface area contributed by atoms with Gasteiger partial charge in [0.15, 0.2) is 0 Å². The van der Waals surface area contributed by atoms with E-state index in [1.54, 1.807) is 0 Å². The van der Waals surface area contributed by atoms with Gasteiger partial charge in [-0.2, -0.15) is 0 Å². The average Bonchev–Trinajstić information content (AvgIpc) is 3.69. The number of fused-ring (bicyclic) bond motifs is 12. The molecular weight excluding hydrogens is 609 g/mol. The van der Waals surface area contributed by atoms with Gasteiger partial charge in [-0.15, -0.1) is 0 Å². The van der Waals surface area contributed by atoms with Gasteiger partial charge in [0.05, 0.1) is 33.1 Å². The Hall–Kier alpha value is -6.78. The summed E-state index contributed by atoms with van der Waals surface area (Å²) in [4.78, 5) is 9.98. The summed E-state index contributed by atoms with van der Waals surface area (Å²) >= 11 is 0. The van der Waals surface area contributed by atoms with Gasteiger partial charge in [0.25, 0.3) is 0 Å². The summed E-state index contributed by atoms with van der Waals surface area (Å²) in [5.41, 5.74) is 11.2. The van der Waals surface area contributed by atoms with Crippen LogP contribution in [0.2, 0.25) is 0 Å². The predicted molar refractivity (Wildman–Crippen MR) is 209 cm³/mol. The molecule has 0 spiro atoms. The van der Waals surface area contributed by atoms with E-state index in [9.17, 15) is 0 Å². The third kappa shape index (κ3) is 3.81. The molecule has 232 valence electrons. The van der Waals surface area contributed by atoms with Crippen molar-refractivity contribution >= 4 is 76.2 Å². The lowest BCUT2D eigenvalue weighted by molar-refractivity contribution is 1.18. The Morgan fingerprint density at radius 1 is 0.300 bits per heavy atom. The Kier molecular flexibility index (Phi) is 5.63. The standard InChI is InChI=1S/C46H28N4/c1-3-11-29(12-4-1)30-19-21-32(22-20-30)50-42-18-10-8-16-34(42)38-26-36-35-25-37-33-15-7-9-17-41(33)49(31-13-5-2-6-14-31)43(37)27-39(35)45-46(48-24-23-47-45)40(36)28-44(38)50/h1-28H. The van der Waals surface area contributed by atoms with Gasteiger partial charge in [0.1, 0.15) is 0 Å². The van der Waals surface area contributed by atoms with Gasteiger partial charge in [-0.05, 0) is 82.6 Å². The fourth-order valence-corrected chi connectivity index (χ4v) is 8.17. The van der Waals surface area contributed by atoms with Gasteiger partial charge in [-0.3, -0.25) is 9.97 Å². The van der Waals surface area contributed by atoms with Crippen LogP contribution in [0.5, 0.6) is 0 Å². The third-order valence-corrected chi connectivity index (χ3v) is 10.4. The first-order valence-corrected chi connectivity index (χ1v) is 17.0. The maximum absolute atomic E-state index is 4.99. The molecule has 0 amide bonds. The number of rotatable bonds is 3. The van der Waals surface area contributed by atoms with E-state index in [2.05, 4.69) is 167 Å². The van der Waals surface area contributed by atoms with E-state index in [0.29, 0.717) is 0 Å². The molecule has 0 bridgehead atoms. The first-order chi connectivity index (χ1) is 24.8. The minimum absolute atomic E-state index is 0.912. The largest absolute Gasteiger partial charge is 0.309 e. The van der Waals surface area contributed by atoms with Crippen LogP contribution >= 0.6 is 0 Å². The molecule has 50 heavy (non-hydrogen) atoms. The summed E-state index contributed by atoms with van der Waals surface area (Å²) in [7, 11) is 0. The normalized spacial score (nSPS) is 12.0. The molecule has 11 aromatic rings. The van der Waals surface area contributed by atoms with Crippen LogP contribution in [0.4, 0.5) is 0 Å². The van der Waals surface area contributed by atoms with Crippen LogP contribution < -0.4 is 0 Å². The number of hydrogen-bond donors (Lipinski definition) is 0. The topological polar surface area (TPSA) is 35.6 Å². The molecule has 0 aliphatic rings. The lowest BCUT2D eigenvalue weighted by atomic mass is 9.96. The summed E-state index contributed by atoms with van der Waals surface area (Å²) in [6.07, 6.45) is 3.63. The molecule has 0 aliphatic carbocycles. The van der Waals surface area contributed by atoms with E-state index >= 15 is 0 Å². The van der Waals surface area contributed by atoms with Crippen molar-refractivity contribution < 1.29 is 0 Å². The molecule has 3 aromatic heterocycles. The molecule has 0 radical (unpaired) electrons. The van der Waals surface area contributed by atoms with Crippen molar-refractivity contribution in [2.75, 3.05) is 0 Å². The van der Waals surface area contributed by atoms with E-state index in [4.69, 9.17) is 9.97 Å². The monoisotopic (exact) mass is 636 g/mol. The maximum Gasteiger partial charge on any atom is 0.0972 e. The Balaban J connectivity index is 1.25. The van der Waals surface area contributed by atoms with Crippen molar-refractivity contribution in [3.8, 4) is 22.5 Å². The Morgan fingerprint density at radius 3 is 1.28 bits per heavy atom. The van der Waals surface area contributed by atoms with Crippen LogP contribution in [0.3, 0.4) is 0 Å². The molecular formula is C46H28N4. The highest BCUT2D eigenvalue weighted by Gasteiger charge is 2.20. The molecule has 0 saturated carbocycles. The SMILES string of the molecule is c1ccc(-c2ccc(-n3c4ccccc4c4cc5c6cc7c8ccccc8n(-c8ccccc8)c7cc6c6nccnc6c5cc43)cc2)cc1. The highest BCUT2D eigenvalue weighted by molar-refractivity contribution is 6.30. The van der Waals surface area contributed by atoms with E-state index < -0.39 is 0 Å². The van der Waals surface area contributed by atoms with E-state index in [1.165, 1.54) is 54.5 Å². The lowest BCUT2D eigenvalue weighted by Gasteiger charge is -2.13. The van der Waals surface area contributed by atoms with Crippen LogP contribution in [-0.2, 0) is 0 Å². The van der Waals surface area contributed by atoms with Gasteiger partial charge in [0, 0.05) is 56.1 Å². The predicted octanol–water partition coefficient (Wildman–Crippen LogP) is 11.8. The lowest BCUT2D eigenvalue weighted by Crippen LogP contribution is -1.95. The summed E-state index contributed by atoms with van der Waals surface area (Å²) in [6.45, 7) is 0. The average molecular weight is 637 g/mol. The molecule has 11 rings (SSSR count). The Bertz CT molecular complexity index is 3120. The van der Waals surface area contributed by atoms with Gasteiger partial charge in [-0.1, -0.05) is 97.1 Å². The molecule has 8 aromatic carbocycles. The summed E-state index contributed by atoms with van der Waals surface area (Å²) < 4.78 is 4.76. The highest BCUT2D eigenvalue weighted by atomic mass is 15.0. The number of hydrogen-bond acceptors (Lipinski definition) is 2. The first-order valence-electron chi connectivity index (χ1n) is 17.0. The van der Waals surface area contributed by atoms with E-state index in [-0.39, 0.29) is 0 Å². The van der Waals surface area contributed by atoms with Crippen LogP contribution in [0, 0.1) is 0 Å². The van der Waals surface area contributed by atoms with Crippen LogP contribution in [0.25, 0.3) is 98.7 Å². The quantitative estimate of drug-likeness (QED) is 0.181. The second-order valence-electron chi connectivity index (χ2n) is 13.0. The van der Waals surface area contributed by atoms with Crippen LogP contribution in [0.15, 0.2) is 170 Å². The zero-order valence-electron chi connectivity index (χ0n) is 27.0. The molecule has 3 heterocycles. The molecule has 4 heteroatoms. The van der Waals surface area contributed by atoms with E-state index in [1.807, 2.05) is 12.4 Å². The Morgan fingerprint density at radius 2 is 0.740 bits per heavy atom. The van der Waals surface area contributed by atoms with Crippen molar-refractivity contribution in [3.63, 3.8) is 0 Å². The second-order valence-corrected chi connectivity index (χ2v) is 13.0. The van der Waals surface area contributed by atoms with Crippen LogP contribution in [-0.4, -0.2) is 19.1 Å². The third-order valence-electron chi connectivity index (χ3n) is 10.4. The Labute approximate surface area is 287 Å². The number of aromatic nitrogens is 4. The van der Waals surface area contributed by atoms with Crippen molar-refractivity contribution in [2.24, 2.45) is 0 Å². The number of benzene rings is 8. The van der Waals surface area contributed by atoms with Gasteiger partial charge < -0.3 is 9.13 Å². The summed E-state index contributed by atoms with van der Waals surface area (Å²) in [6, 6.07) is 57.0. The van der Waals surface area contributed by atoms with Gasteiger partial charge in [0.2, 0.25) is 0 Å². The minimum atomic E-state index is 0.912. The molecule has 0 unspecified atom stereocenters. The van der Waals surface area contributed by atoms with E-state index in [0.717, 1.165) is 44.2 Å². The smallest absolute Gasteiger partial charge is 0.0972 e. The van der Waals surface area contributed by atoms with Crippen molar-refractivity contribution in [3.05, 3.63) is 170 Å². The molecule has 0 fully saturated rings. The van der Waals surface area contributed by atoms with Crippen molar-refractivity contribution in [2.45, 2.75) is 0 Å². The van der Waals surface area contributed by atoms with Crippen molar-refractivity contribution in [1.82, 2.24) is 19.1 Å². The molecule has 0 aliphatic heterocycles. The second kappa shape index (κ2) is 10.4. The molecule has 4 nitrogen and oxygen atoms in total. The summed E-state index contributed by atoms with van der Waals surface area (Å²) in [5, 5.41) is 9.47. The zero-order chi connectivity index (χ0) is 32.8. The minimum Gasteiger partial charge on any atom is -0.309 e. The summed E-state index contributed by atoms with van der Waals surface area (Å²) in [5.74, 6) is 0. The fraction of sp³-hybridized carbons (Fsp3) is 0. The molecule has 0 N–H and O–H groups in total. The highest BCUT2D eigenvalue weighted by Crippen LogP contribution is 2.43. The molecule has 0 atom stereocenters. The van der Waals surface area contributed by atoms with Crippen LogP contribution in [0.1, 0.15) is 0 Å². The van der Waals surface area contributed by atoms with Gasteiger partial charge in [-0.25, -0.2) is 0 Å². The van der Waals surface area contributed by atoms with Crippen molar-refractivity contribution in [1.29, 1.82) is 0 Å². The first kappa shape index (κ1) is 27.2. The maximum atomic E-state index is 4.99. The zero-order valence-corrected chi connectivity index (χ0v) is 27.0. The van der Waals surface area contributed by atoms with Gasteiger partial charge >= 0.3 is 0 Å². The number of para-hydroxylation sites is 3.